The number of nitrogens with zero attached hydrogens (tertiary/aromatic N) is 5. The lowest BCUT2D eigenvalue weighted by atomic mass is 10.1. The fourth-order valence-corrected chi connectivity index (χ4v) is 3.47. The zero-order valence-electron chi connectivity index (χ0n) is 19.9. The fourth-order valence-electron chi connectivity index (χ4n) is 3.47. The zero-order chi connectivity index (χ0) is 24.8. The number of methoxy groups -OCH3 is 2. The number of ether oxygens (including phenoxy) is 2. The molecule has 4 aromatic rings. The summed E-state index contributed by atoms with van der Waals surface area (Å²) in [5, 5.41) is 25.9. The lowest BCUT2D eigenvalue weighted by molar-refractivity contribution is 0.0958. The second-order valence-corrected chi connectivity index (χ2v) is 7.50. The molecule has 0 saturated carbocycles. The minimum atomic E-state index is -0.370. The van der Waals surface area contributed by atoms with Crippen LogP contribution in [-0.2, 0) is 13.6 Å². The molecule has 0 radical (unpaired) electrons. The van der Waals surface area contributed by atoms with Crippen molar-refractivity contribution in [1.82, 2.24) is 30.5 Å². The molecule has 1 amide bonds. The molecule has 2 aromatic carbocycles. The summed E-state index contributed by atoms with van der Waals surface area (Å²) in [6.07, 6.45) is 1.66. The lowest BCUT2D eigenvalue weighted by Crippen LogP contribution is -2.21. The van der Waals surface area contributed by atoms with Crippen LogP contribution in [0.15, 0.2) is 54.7 Å². The second-order valence-electron chi connectivity index (χ2n) is 7.50. The number of nitrogens with one attached hydrogen (secondary N) is 3. The molecule has 11 heteroatoms. The van der Waals surface area contributed by atoms with Gasteiger partial charge >= 0.3 is 0 Å². The van der Waals surface area contributed by atoms with Gasteiger partial charge in [-0.25, -0.2) is 0 Å². The number of hydrogen-bond acceptors (Lipinski definition) is 9. The van der Waals surface area contributed by atoms with Gasteiger partial charge in [0.05, 0.1) is 31.8 Å². The third-order valence-corrected chi connectivity index (χ3v) is 5.23. The summed E-state index contributed by atoms with van der Waals surface area (Å²) < 4.78 is 10.9. The van der Waals surface area contributed by atoms with Gasteiger partial charge in [0.15, 0.2) is 17.3 Å². The van der Waals surface area contributed by atoms with Gasteiger partial charge in [0.1, 0.15) is 11.4 Å². The molecule has 3 N–H and O–H groups in total. The Kier molecular flexibility index (Phi) is 7.05. The monoisotopic (exact) mass is 474 g/mol. The Morgan fingerprint density at radius 1 is 1.03 bits per heavy atom. The van der Waals surface area contributed by atoms with Crippen LogP contribution in [0.2, 0.25) is 0 Å². The van der Waals surface area contributed by atoms with Crippen LogP contribution >= 0.6 is 0 Å². The van der Waals surface area contributed by atoms with E-state index >= 15 is 0 Å². The normalized spacial score (nSPS) is 10.5. The number of carbonyl (C=O) groups is 1. The maximum absolute atomic E-state index is 12.5. The van der Waals surface area contributed by atoms with Crippen molar-refractivity contribution < 1.29 is 14.3 Å². The number of amides is 1. The molecule has 0 fully saturated rings. The van der Waals surface area contributed by atoms with E-state index < -0.39 is 0 Å². The van der Waals surface area contributed by atoms with E-state index in [2.05, 4.69) is 36.3 Å². The van der Waals surface area contributed by atoms with Crippen LogP contribution in [-0.4, -0.2) is 52.4 Å². The van der Waals surface area contributed by atoms with Crippen LogP contribution < -0.4 is 25.4 Å². The molecule has 11 nitrogen and oxygen atoms in total. The number of aryl methyl sites for hydroxylation is 1. The minimum Gasteiger partial charge on any atom is -0.497 e. The first kappa shape index (κ1) is 23.5. The summed E-state index contributed by atoms with van der Waals surface area (Å²) in [5.74, 6) is 1.47. The van der Waals surface area contributed by atoms with E-state index in [1.54, 1.807) is 40.6 Å². The van der Waals surface area contributed by atoms with Gasteiger partial charge in [-0.05, 0) is 29.8 Å². The largest absolute Gasteiger partial charge is 0.497 e. The van der Waals surface area contributed by atoms with E-state index in [0.29, 0.717) is 35.2 Å². The Balaban J connectivity index is 1.64. The summed E-state index contributed by atoms with van der Waals surface area (Å²) in [5.41, 5.74) is 3.70. The minimum absolute atomic E-state index is 0.148. The van der Waals surface area contributed by atoms with Gasteiger partial charge in [-0.2, -0.15) is 15.0 Å². The first-order valence-electron chi connectivity index (χ1n) is 10.8. The number of rotatable bonds is 9. The fraction of sp³-hybridized carbons (Fsp3) is 0.208. The van der Waals surface area contributed by atoms with Crippen LogP contribution in [0.4, 0.5) is 17.2 Å². The number of anilines is 3. The molecule has 0 spiro atoms. The van der Waals surface area contributed by atoms with Crippen LogP contribution in [0.25, 0.3) is 11.3 Å². The molecule has 0 aliphatic carbocycles. The van der Waals surface area contributed by atoms with E-state index in [4.69, 9.17) is 9.47 Å². The molecule has 4 rings (SSSR count). The van der Waals surface area contributed by atoms with Crippen LogP contribution in [0, 0.1) is 0 Å². The molecule has 0 bridgehead atoms. The van der Waals surface area contributed by atoms with Gasteiger partial charge in [-0.1, -0.05) is 18.2 Å². The average Bonchev–Trinajstić information content (AvgIpc) is 3.33. The second kappa shape index (κ2) is 10.5. The van der Waals surface area contributed by atoms with Crippen molar-refractivity contribution in [2.24, 2.45) is 7.05 Å². The average molecular weight is 475 g/mol. The van der Waals surface area contributed by atoms with Crippen molar-refractivity contribution in [2.75, 3.05) is 31.9 Å². The van der Waals surface area contributed by atoms with E-state index in [9.17, 15) is 4.79 Å². The van der Waals surface area contributed by atoms with Crippen molar-refractivity contribution in [3.8, 4) is 22.8 Å². The molecule has 2 heterocycles. The third-order valence-electron chi connectivity index (χ3n) is 5.23. The summed E-state index contributed by atoms with van der Waals surface area (Å²) >= 11 is 0. The molecule has 0 atom stereocenters. The Morgan fingerprint density at radius 3 is 2.49 bits per heavy atom. The highest BCUT2D eigenvalue weighted by Crippen LogP contribution is 2.37. The number of hydrogen-bond donors (Lipinski definition) is 3. The number of aromatic nitrogens is 5. The van der Waals surface area contributed by atoms with E-state index in [0.717, 1.165) is 16.9 Å². The van der Waals surface area contributed by atoms with Gasteiger partial charge in [0, 0.05) is 32.3 Å². The first-order valence-corrected chi connectivity index (χ1v) is 10.8. The molecular weight excluding hydrogens is 448 g/mol. The summed E-state index contributed by atoms with van der Waals surface area (Å²) in [6.45, 7) is 0.517. The van der Waals surface area contributed by atoms with Crippen LogP contribution in [0.1, 0.15) is 16.1 Å². The quantitative estimate of drug-likeness (QED) is 0.335. The third kappa shape index (κ3) is 5.29. The molecule has 2 aromatic heterocycles. The number of para-hydroxylation sites is 1. The maximum atomic E-state index is 12.5. The van der Waals surface area contributed by atoms with E-state index in [1.165, 1.54) is 4.80 Å². The Labute approximate surface area is 202 Å². The molecule has 0 saturated heterocycles. The highest BCUT2D eigenvalue weighted by atomic mass is 16.5. The summed E-state index contributed by atoms with van der Waals surface area (Å²) in [4.78, 5) is 14.0. The van der Waals surface area contributed by atoms with E-state index in [1.807, 2.05) is 42.5 Å². The van der Waals surface area contributed by atoms with Crippen molar-refractivity contribution >= 4 is 23.1 Å². The maximum Gasteiger partial charge on any atom is 0.273 e. The predicted octanol–water partition coefficient (Wildman–Crippen LogP) is 3.00. The predicted molar refractivity (Wildman–Crippen MR) is 132 cm³/mol. The van der Waals surface area contributed by atoms with Gasteiger partial charge in [-0.3, -0.25) is 4.79 Å². The molecule has 0 unspecified atom stereocenters. The van der Waals surface area contributed by atoms with Crippen molar-refractivity contribution in [3.63, 3.8) is 0 Å². The van der Waals surface area contributed by atoms with Crippen molar-refractivity contribution in [1.29, 1.82) is 0 Å². The van der Waals surface area contributed by atoms with Crippen molar-refractivity contribution in [3.05, 3.63) is 66.0 Å². The van der Waals surface area contributed by atoms with Gasteiger partial charge in [-0.15, -0.1) is 10.2 Å². The lowest BCUT2D eigenvalue weighted by Gasteiger charge is -2.16. The van der Waals surface area contributed by atoms with Gasteiger partial charge < -0.3 is 25.4 Å². The van der Waals surface area contributed by atoms with Crippen LogP contribution in [0.3, 0.4) is 0 Å². The van der Waals surface area contributed by atoms with E-state index in [-0.39, 0.29) is 11.6 Å². The van der Waals surface area contributed by atoms with Crippen molar-refractivity contribution in [2.45, 2.75) is 6.54 Å². The smallest absolute Gasteiger partial charge is 0.273 e. The number of benzene rings is 2. The summed E-state index contributed by atoms with van der Waals surface area (Å²) in [6, 6.07) is 15.0. The molecule has 180 valence electrons. The topological polar surface area (TPSA) is 128 Å². The molecule has 0 aliphatic rings. The molecular formula is C24H26N8O3. The van der Waals surface area contributed by atoms with Gasteiger partial charge in [0.25, 0.3) is 5.91 Å². The van der Waals surface area contributed by atoms with Gasteiger partial charge in [0.2, 0.25) is 0 Å². The first-order chi connectivity index (χ1) is 17.0. The highest BCUT2D eigenvalue weighted by molar-refractivity contribution is 5.98. The van der Waals surface area contributed by atoms with Crippen LogP contribution in [0.5, 0.6) is 11.5 Å². The SMILES string of the molecule is CNC(=O)c1nnc(NCc2ccc(OC)cc2)cc1Nc1cccc(-c2cnn(C)n2)c1OC. The Morgan fingerprint density at radius 2 is 1.83 bits per heavy atom. The standard InChI is InChI=1S/C24H26N8O3/c1-25-24(33)22-19(12-21(29-30-22)26-13-15-8-10-16(34-3)11-9-15)28-18-7-5-6-17(23(18)35-4)20-14-27-32(2)31-20/h5-12,14H,13H2,1-4H3,(H,25,33)(H2,26,28,29). The molecule has 0 aliphatic heterocycles. The zero-order valence-corrected chi connectivity index (χ0v) is 19.9. The number of carbonyl (C=O) groups excluding carboxylic acids is 1. The Hall–Kier alpha value is -4.67. The highest BCUT2D eigenvalue weighted by Gasteiger charge is 2.18. The summed E-state index contributed by atoms with van der Waals surface area (Å²) in [7, 11) is 6.49. The Bertz CT molecular complexity index is 1320. The molecule has 35 heavy (non-hydrogen) atoms.